The first kappa shape index (κ1) is 17.2. The monoisotopic (exact) mass is 275 g/mol. The molecular weight excluding hydrogens is 254 g/mol. The van der Waals surface area contributed by atoms with Crippen molar-refractivity contribution in [3.63, 3.8) is 0 Å². The first-order valence-electron chi connectivity index (χ1n) is 6.03. The molecule has 0 rings (SSSR count). The van der Waals surface area contributed by atoms with E-state index >= 15 is 0 Å². The molecule has 0 aliphatic carbocycles. The van der Waals surface area contributed by atoms with Crippen LogP contribution < -0.4 is 5.32 Å². The Balaban J connectivity index is 4.52. The van der Waals surface area contributed by atoms with E-state index in [0.29, 0.717) is 0 Å². The van der Waals surface area contributed by atoms with Crippen molar-refractivity contribution in [2.45, 2.75) is 52.2 Å². The Labute approximate surface area is 112 Å². The molecule has 0 heterocycles. The summed E-state index contributed by atoms with van der Waals surface area (Å²) < 4.78 is 9.76. The van der Waals surface area contributed by atoms with Crippen LogP contribution in [0.1, 0.15) is 40.5 Å². The minimum absolute atomic E-state index is 0.0482. The molecule has 0 saturated heterocycles. The number of nitrogens with one attached hydrogen (secondary N) is 1. The maximum atomic E-state index is 11.6. The number of aliphatic carboxylic acids is 1. The lowest BCUT2D eigenvalue weighted by molar-refractivity contribution is -0.146. The van der Waals surface area contributed by atoms with E-state index in [2.05, 4.69) is 5.32 Å². The Morgan fingerprint density at radius 3 is 2.26 bits per heavy atom. The molecule has 0 radical (unpaired) electrons. The van der Waals surface area contributed by atoms with Gasteiger partial charge in [0.1, 0.15) is 11.6 Å². The first-order valence-corrected chi connectivity index (χ1v) is 6.03. The van der Waals surface area contributed by atoms with Gasteiger partial charge in [-0.1, -0.05) is 0 Å². The number of esters is 1. The van der Waals surface area contributed by atoms with Gasteiger partial charge in [0, 0.05) is 6.42 Å². The van der Waals surface area contributed by atoms with Crippen LogP contribution in [0.5, 0.6) is 0 Å². The van der Waals surface area contributed by atoms with Crippen LogP contribution in [0.2, 0.25) is 0 Å². The van der Waals surface area contributed by atoms with Crippen LogP contribution in [0, 0.1) is 0 Å². The molecule has 7 nitrogen and oxygen atoms in total. The second kappa shape index (κ2) is 7.60. The van der Waals surface area contributed by atoms with E-state index in [0.717, 1.165) is 0 Å². The third-order valence-electron chi connectivity index (χ3n) is 1.91. The summed E-state index contributed by atoms with van der Waals surface area (Å²) in [6, 6.07) is -1.02. The van der Waals surface area contributed by atoms with Gasteiger partial charge in [0.25, 0.3) is 0 Å². The number of carbonyl (C=O) groups excluding carboxylic acids is 2. The summed E-state index contributed by atoms with van der Waals surface area (Å²) in [6.07, 6.45) is -1.08. The second-order valence-corrected chi connectivity index (χ2v) is 4.88. The van der Waals surface area contributed by atoms with Crippen molar-refractivity contribution in [3.8, 4) is 0 Å². The van der Waals surface area contributed by atoms with E-state index in [4.69, 9.17) is 14.6 Å². The number of alkyl carbamates (subject to hydrolysis) is 1. The zero-order valence-electron chi connectivity index (χ0n) is 11.7. The Kier molecular flexibility index (Phi) is 6.89. The van der Waals surface area contributed by atoms with Crippen LogP contribution in [0.4, 0.5) is 4.79 Å². The van der Waals surface area contributed by atoms with Gasteiger partial charge in [0.05, 0.1) is 6.61 Å². The zero-order valence-corrected chi connectivity index (χ0v) is 11.7. The van der Waals surface area contributed by atoms with Gasteiger partial charge in [0.2, 0.25) is 0 Å². The SMILES string of the molecule is CCOC(=O)C(CCC(=O)O)NC(=O)OC(C)(C)C. The largest absolute Gasteiger partial charge is 0.481 e. The summed E-state index contributed by atoms with van der Waals surface area (Å²) in [7, 11) is 0. The van der Waals surface area contributed by atoms with E-state index < -0.39 is 29.7 Å². The van der Waals surface area contributed by atoms with Crippen LogP contribution >= 0.6 is 0 Å². The molecule has 1 atom stereocenters. The molecule has 19 heavy (non-hydrogen) atoms. The smallest absolute Gasteiger partial charge is 0.408 e. The molecule has 0 spiro atoms. The van der Waals surface area contributed by atoms with Crippen LogP contribution in [0.15, 0.2) is 0 Å². The molecule has 1 amide bonds. The molecule has 1 unspecified atom stereocenters. The highest BCUT2D eigenvalue weighted by molar-refractivity contribution is 5.82. The molecule has 110 valence electrons. The van der Waals surface area contributed by atoms with Crippen LogP contribution in [-0.4, -0.2) is 41.4 Å². The fraction of sp³-hybridized carbons (Fsp3) is 0.750. The number of carboxylic acids is 1. The van der Waals surface area contributed by atoms with Crippen LogP contribution in [0.3, 0.4) is 0 Å². The van der Waals surface area contributed by atoms with E-state index in [-0.39, 0.29) is 19.4 Å². The van der Waals surface area contributed by atoms with Gasteiger partial charge in [-0.25, -0.2) is 9.59 Å². The fourth-order valence-corrected chi connectivity index (χ4v) is 1.21. The van der Waals surface area contributed by atoms with Gasteiger partial charge in [-0.2, -0.15) is 0 Å². The summed E-state index contributed by atoms with van der Waals surface area (Å²) >= 11 is 0. The number of carboxylic acid groups (broad SMARTS) is 1. The maximum Gasteiger partial charge on any atom is 0.408 e. The number of rotatable bonds is 6. The van der Waals surface area contributed by atoms with E-state index in [9.17, 15) is 14.4 Å². The summed E-state index contributed by atoms with van der Waals surface area (Å²) in [6.45, 7) is 6.83. The molecule has 0 bridgehead atoms. The normalized spacial score (nSPS) is 12.4. The Bertz CT molecular complexity index is 334. The van der Waals surface area contributed by atoms with Crippen molar-refractivity contribution >= 4 is 18.0 Å². The highest BCUT2D eigenvalue weighted by Gasteiger charge is 2.25. The van der Waals surface area contributed by atoms with Crippen molar-refractivity contribution in [1.82, 2.24) is 5.32 Å². The summed E-state index contributed by atoms with van der Waals surface area (Å²) in [5, 5.41) is 10.9. The Morgan fingerprint density at radius 1 is 1.26 bits per heavy atom. The molecule has 0 aromatic rings. The molecule has 0 aliphatic rings. The van der Waals surface area contributed by atoms with Gasteiger partial charge in [-0.3, -0.25) is 4.79 Å². The molecule has 2 N–H and O–H groups in total. The summed E-state index contributed by atoms with van der Waals surface area (Å²) in [5.74, 6) is -1.73. The Morgan fingerprint density at radius 2 is 1.84 bits per heavy atom. The molecule has 0 aliphatic heterocycles. The topological polar surface area (TPSA) is 102 Å². The molecule has 0 aromatic carbocycles. The average Bonchev–Trinajstić information content (AvgIpc) is 2.21. The van der Waals surface area contributed by atoms with Crippen molar-refractivity contribution < 1.29 is 29.0 Å². The first-order chi connectivity index (χ1) is 8.65. The van der Waals surface area contributed by atoms with Gasteiger partial charge in [-0.15, -0.1) is 0 Å². The van der Waals surface area contributed by atoms with Gasteiger partial charge in [0.15, 0.2) is 0 Å². The van der Waals surface area contributed by atoms with Crippen molar-refractivity contribution in [2.75, 3.05) is 6.61 Å². The second-order valence-electron chi connectivity index (χ2n) is 4.88. The maximum absolute atomic E-state index is 11.6. The third kappa shape index (κ3) is 8.87. The number of hydrogen-bond acceptors (Lipinski definition) is 5. The van der Waals surface area contributed by atoms with Crippen molar-refractivity contribution in [1.29, 1.82) is 0 Å². The quantitative estimate of drug-likeness (QED) is 0.708. The number of carbonyl (C=O) groups is 3. The zero-order chi connectivity index (χ0) is 15.1. The summed E-state index contributed by atoms with van der Waals surface area (Å²) in [4.78, 5) is 33.6. The van der Waals surface area contributed by atoms with Gasteiger partial charge >= 0.3 is 18.0 Å². The lowest BCUT2D eigenvalue weighted by atomic mass is 10.1. The average molecular weight is 275 g/mol. The molecule has 0 fully saturated rings. The van der Waals surface area contributed by atoms with E-state index in [1.165, 1.54) is 0 Å². The van der Waals surface area contributed by atoms with Crippen LogP contribution in [0.25, 0.3) is 0 Å². The molecular formula is C12H21NO6. The predicted octanol–water partition coefficient (Wildman–Crippen LogP) is 1.31. The number of hydrogen-bond donors (Lipinski definition) is 2. The van der Waals surface area contributed by atoms with E-state index in [1.807, 2.05) is 0 Å². The van der Waals surface area contributed by atoms with E-state index in [1.54, 1.807) is 27.7 Å². The predicted molar refractivity (Wildman–Crippen MR) is 66.7 cm³/mol. The Hall–Kier alpha value is -1.79. The van der Waals surface area contributed by atoms with Crippen LogP contribution in [-0.2, 0) is 19.1 Å². The lowest BCUT2D eigenvalue weighted by Crippen LogP contribution is -2.44. The number of ether oxygens (including phenoxy) is 2. The molecule has 0 aromatic heterocycles. The molecule has 7 heteroatoms. The highest BCUT2D eigenvalue weighted by atomic mass is 16.6. The lowest BCUT2D eigenvalue weighted by Gasteiger charge is -2.22. The number of amides is 1. The fourth-order valence-electron chi connectivity index (χ4n) is 1.21. The minimum Gasteiger partial charge on any atom is -0.481 e. The summed E-state index contributed by atoms with van der Waals surface area (Å²) in [5.41, 5.74) is -0.698. The van der Waals surface area contributed by atoms with Gasteiger partial charge in [-0.05, 0) is 34.1 Å². The third-order valence-corrected chi connectivity index (χ3v) is 1.91. The highest BCUT2D eigenvalue weighted by Crippen LogP contribution is 2.08. The van der Waals surface area contributed by atoms with Crippen molar-refractivity contribution in [2.24, 2.45) is 0 Å². The standard InChI is InChI=1S/C12H21NO6/c1-5-18-10(16)8(6-7-9(14)15)13-11(17)19-12(2,3)4/h8H,5-7H2,1-4H3,(H,13,17)(H,14,15). The minimum atomic E-state index is -1.06. The van der Waals surface area contributed by atoms with Gasteiger partial charge < -0.3 is 19.9 Å². The van der Waals surface area contributed by atoms with Crippen molar-refractivity contribution in [3.05, 3.63) is 0 Å². The molecule has 0 saturated carbocycles.